The molecule has 2 nitrogen and oxygen atoms in total. The van der Waals surface area contributed by atoms with Crippen LogP contribution in [-0.2, 0) is 0 Å². The van der Waals surface area contributed by atoms with Gasteiger partial charge in [-0.25, -0.2) is 8.78 Å². The Hall–Kier alpha value is -1.85. The van der Waals surface area contributed by atoms with E-state index in [2.05, 4.69) is 20.9 Å². The first-order valence-electron chi connectivity index (χ1n) is 6.31. The molecule has 0 bridgehead atoms. The number of fused-ring (bicyclic) bond motifs is 1. The van der Waals surface area contributed by atoms with Gasteiger partial charge in [0.1, 0.15) is 11.6 Å². The van der Waals surface area contributed by atoms with Crippen LogP contribution in [0.25, 0.3) is 10.9 Å². The van der Waals surface area contributed by atoms with Crippen LogP contribution >= 0.6 is 15.9 Å². The largest absolute Gasteiger partial charge is 0.320 e. The van der Waals surface area contributed by atoms with E-state index in [0.717, 1.165) is 10.9 Å². The molecule has 0 saturated heterocycles. The number of halogens is 3. The molecule has 106 valence electrons. The lowest BCUT2D eigenvalue weighted by Crippen LogP contribution is -2.15. The van der Waals surface area contributed by atoms with Gasteiger partial charge in [-0.1, -0.05) is 28.1 Å². The fourth-order valence-electron chi connectivity index (χ4n) is 2.30. The van der Waals surface area contributed by atoms with Crippen molar-refractivity contribution < 1.29 is 8.78 Å². The molecule has 0 aliphatic heterocycles. The van der Waals surface area contributed by atoms with Gasteiger partial charge in [-0.05, 0) is 35.9 Å². The molecule has 0 aliphatic rings. The minimum absolute atomic E-state index is 0.138. The van der Waals surface area contributed by atoms with Crippen molar-refractivity contribution in [3.8, 4) is 0 Å². The lowest BCUT2D eigenvalue weighted by atomic mass is 9.97. The highest BCUT2D eigenvalue weighted by molar-refractivity contribution is 9.10. The minimum Gasteiger partial charge on any atom is -0.320 e. The number of nitrogens with zero attached hydrogens (tertiary/aromatic N) is 1. The first kappa shape index (κ1) is 14.1. The van der Waals surface area contributed by atoms with Crippen LogP contribution in [0, 0.1) is 11.6 Å². The molecule has 1 unspecified atom stereocenters. The fraction of sp³-hybridized carbons (Fsp3) is 0.0625. The summed E-state index contributed by atoms with van der Waals surface area (Å²) in [5, 5.41) is 0.878. The quantitative estimate of drug-likeness (QED) is 0.748. The fourth-order valence-corrected chi connectivity index (χ4v) is 2.71. The predicted octanol–water partition coefficient (Wildman–Crippen LogP) is 4.32. The minimum atomic E-state index is -0.872. The molecule has 5 heteroatoms. The highest BCUT2D eigenvalue weighted by Crippen LogP contribution is 2.29. The van der Waals surface area contributed by atoms with Gasteiger partial charge in [-0.2, -0.15) is 0 Å². The molecular formula is C16H11BrF2N2. The summed E-state index contributed by atoms with van der Waals surface area (Å²) in [5.41, 5.74) is 7.35. The first-order chi connectivity index (χ1) is 10.1. The van der Waals surface area contributed by atoms with Crippen molar-refractivity contribution >= 4 is 26.8 Å². The molecule has 2 aromatic carbocycles. The Morgan fingerprint density at radius 1 is 1.05 bits per heavy atom. The number of rotatable bonds is 2. The molecule has 3 rings (SSSR count). The van der Waals surface area contributed by atoms with Crippen molar-refractivity contribution in [3.63, 3.8) is 0 Å². The molecule has 0 spiro atoms. The predicted molar refractivity (Wildman–Crippen MR) is 81.8 cm³/mol. The molecule has 0 fully saturated rings. The number of aromatic nitrogens is 1. The van der Waals surface area contributed by atoms with E-state index < -0.39 is 17.7 Å². The van der Waals surface area contributed by atoms with E-state index in [4.69, 9.17) is 5.73 Å². The summed E-state index contributed by atoms with van der Waals surface area (Å²) in [6.07, 6.45) is 1.69. The van der Waals surface area contributed by atoms with Gasteiger partial charge in [0.25, 0.3) is 0 Å². The zero-order chi connectivity index (χ0) is 15.0. The van der Waals surface area contributed by atoms with E-state index in [-0.39, 0.29) is 5.56 Å². The Labute approximate surface area is 128 Å². The Bertz CT molecular complexity index is 797. The number of nitrogens with two attached hydrogens (primary N) is 1. The maximum atomic E-state index is 14.0. The van der Waals surface area contributed by atoms with E-state index in [9.17, 15) is 8.78 Å². The Balaban J connectivity index is 2.10. The normalized spacial score (nSPS) is 12.6. The molecule has 0 aliphatic carbocycles. The first-order valence-corrected chi connectivity index (χ1v) is 7.10. The molecule has 1 atom stereocenters. The second-order valence-electron chi connectivity index (χ2n) is 4.72. The molecule has 21 heavy (non-hydrogen) atoms. The van der Waals surface area contributed by atoms with Gasteiger partial charge in [0.2, 0.25) is 0 Å². The second-order valence-corrected chi connectivity index (χ2v) is 5.63. The van der Waals surface area contributed by atoms with Crippen molar-refractivity contribution in [2.24, 2.45) is 5.73 Å². The zero-order valence-electron chi connectivity index (χ0n) is 10.9. The standard InChI is InChI=1S/C16H11BrF2N2/c17-11-7-12(18)15(13(19)8-11)16(20)10-3-4-14-9(6-10)2-1-5-21-14/h1-8,16H,20H2. The number of benzene rings is 2. The summed E-state index contributed by atoms with van der Waals surface area (Å²) < 4.78 is 28.3. The van der Waals surface area contributed by atoms with Crippen molar-refractivity contribution in [1.29, 1.82) is 0 Å². The lowest BCUT2D eigenvalue weighted by Gasteiger charge is -2.15. The number of hydrogen-bond acceptors (Lipinski definition) is 2. The molecule has 3 aromatic rings. The van der Waals surface area contributed by atoms with Crippen molar-refractivity contribution in [3.05, 3.63) is 75.9 Å². The SMILES string of the molecule is NC(c1ccc2ncccc2c1)c1c(F)cc(Br)cc1F. The van der Waals surface area contributed by atoms with Gasteiger partial charge < -0.3 is 5.73 Å². The van der Waals surface area contributed by atoms with Crippen LogP contribution in [0.5, 0.6) is 0 Å². The smallest absolute Gasteiger partial charge is 0.132 e. The molecule has 0 amide bonds. The van der Waals surface area contributed by atoms with Gasteiger partial charge in [-0.15, -0.1) is 0 Å². The summed E-state index contributed by atoms with van der Waals surface area (Å²) >= 11 is 3.06. The van der Waals surface area contributed by atoms with Gasteiger partial charge >= 0.3 is 0 Å². The summed E-state index contributed by atoms with van der Waals surface area (Å²) in [6.45, 7) is 0. The molecular weight excluding hydrogens is 338 g/mol. The topological polar surface area (TPSA) is 38.9 Å². The lowest BCUT2D eigenvalue weighted by molar-refractivity contribution is 0.542. The van der Waals surface area contributed by atoms with Crippen molar-refractivity contribution in [2.45, 2.75) is 6.04 Å². The van der Waals surface area contributed by atoms with Crippen LogP contribution in [0.1, 0.15) is 17.2 Å². The number of pyridine rings is 1. The van der Waals surface area contributed by atoms with Crippen molar-refractivity contribution in [2.75, 3.05) is 0 Å². The third-order valence-corrected chi connectivity index (χ3v) is 3.80. The Kier molecular flexibility index (Phi) is 3.69. The van der Waals surface area contributed by atoms with E-state index in [1.165, 1.54) is 12.1 Å². The molecule has 0 radical (unpaired) electrons. The third kappa shape index (κ3) is 2.66. The van der Waals surface area contributed by atoms with Gasteiger partial charge in [0, 0.05) is 21.6 Å². The van der Waals surface area contributed by atoms with Crippen LogP contribution in [0.4, 0.5) is 8.78 Å². The maximum Gasteiger partial charge on any atom is 0.132 e. The summed E-state index contributed by atoms with van der Waals surface area (Å²) in [5.74, 6) is -1.33. The number of hydrogen-bond donors (Lipinski definition) is 1. The third-order valence-electron chi connectivity index (χ3n) is 3.34. The molecule has 1 heterocycles. The molecule has 1 aromatic heterocycles. The zero-order valence-corrected chi connectivity index (χ0v) is 12.4. The van der Waals surface area contributed by atoms with Gasteiger partial charge in [0.05, 0.1) is 11.6 Å². The van der Waals surface area contributed by atoms with Crippen LogP contribution in [0.2, 0.25) is 0 Å². The average Bonchev–Trinajstić information content (AvgIpc) is 2.45. The Morgan fingerprint density at radius 3 is 2.48 bits per heavy atom. The van der Waals surface area contributed by atoms with E-state index in [1.807, 2.05) is 6.07 Å². The van der Waals surface area contributed by atoms with E-state index in [1.54, 1.807) is 30.5 Å². The molecule has 2 N–H and O–H groups in total. The van der Waals surface area contributed by atoms with Crippen LogP contribution < -0.4 is 5.73 Å². The van der Waals surface area contributed by atoms with Crippen molar-refractivity contribution in [1.82, 2.24) is 4.98 Å². The van der Waals surface area contributed by atoms with Crippen LogP contribution in [0.15, 0.2) is 53.1 Å². The Morgan fingerprint density at radius 2 is 1.76 bits per heavy atom. The maximum absolute atomic E-state index is 14.0. The van der Waals surface area contributed by atoms with E-state index in [0.29, 0.717) is 10.0 Å². The second kappa shape index (κ2) is 5.50. The molecule has 0 saturated carbocycles. The van der Waals surface area contributed by atoms with Crippen LogP contribution in [0.3, 0.4) is 0 Å². The van der Waals surface area contributed by atoms with Crippen LogP contribution in [-0.4, -0.2) is 4.98 Å². The van der Waals surface area contributed by atoms with Gasteiger partial charge in [0.15, 0.2) is 0 Å². The van der Waals surface area contributed by atoms with Gasteiger partial charge in [-0.3, -0.25) is 4.98 Å². The summed E-state index contributed by atoms with van der Waals surface area (Å²) in [6, 6.07) is 10.6. The van der Waals surface area contributed by atoms with E-state index >= 15 is 0 Å². The summed E-state index contributed by atoms with van der Waals surface area (Å²) in [7, 11) is 0. The highest BCUT2D eigenvalue weighted by atomic mass is 79.9. The monoisotopic (exact) mass is 348 g/mol. The average molecular weight is 349 g/mol. The highest BCUT2D eigenvalue weighted by Gasteiger charge is 2.19. The summed E-state index contributed by atoms with van der Waals surface area (Å²) in [4.78, 5) is 4.21.